The molecule has 0 saturated carbocycles. The number of rotatable bonds is 4. The maximum absolute atomic E-state index is 12.1. The van der Waals surface area contributed by atoms with Crippen LogP contribution < -0.4 is 0 Å². The number of aliphatic hydroxyl groups is 1. The molecule has 0 spiro atoms. The quantitative estimate of drug-likeness (QED) is 0.724. The monoisotopic (exact) mass is 264 g/mol. The molecule has 0 aromatic rings. The van der Waals surface area contributed by atoms with E-state index in [1.807, 2.05) is 0 Å². The van der Waals surface area contributed by atoms with Gasteiger partial charge in [0.25, 0.3) is 0 Å². The van der Waals surface area contributed by atoms with Crippen molar-refractivity contribution in [2.45, 2.75) is 31.8 Å². The molecule has 1 fully saturated rings. The Morgan fingerprint density at radius 3 is 2.65 bits per heavy atom. The third kappa shape index (κ3) is 3.17. The summed E-state index contributed by atoms with van der Waals surface area (Å²) in [6.45, 7) is 1.99. The standard InChI is InChI=1S/C10H20N2O4S/c1-8(7-13)11(2)10(14)9-5-4-6-12(9)17(3,15)16/h8-9,13H,4-7H2,1-3H3. The van der Waals surface area contributed by atoms with Crippen LogP contribution in [0.3, 0.4) is 0 Å². The van der Waals surface area contributed by atoms with Gasteiger partial charge in [0, 0.05) is 13.6 Å². The first-order chi connectivity index (χ1) is 7.79. The molecule has 1 aliphatic rings. The fourth-order valence-electron chi connectivity index (χ4n) is 1.96. The predicted molar refractivity (Wildman–Crippen MR) is 63.9 cm³/mol. The minimum absolute atomic E-state index is 0.131. The van der Waals surface area contributed by atoms with Crippen molar-refractivity contribution in [2.75, 3.05) is 26.5 Å². The molecule has 1 rings (SSSR count). The zero-order valence-electron chi connectivity index (χ0n) is 10.5. The molecule has 2 unspecified atom stereocenters. The van der Waals surface area contributed by atoms with Gasteiger partial charge in [0.05, 0.1) is 18.9 Å². The summed E-state index contributed by atoms with van der Waals surface area (Å²) in [5.41, 5.74) is 0. The molecule has 1 N–H and O–H groups in total. The highest BCUT2D eigenvalue weighted by Crippen LogP contribution is 2.22. The third-order valence-electron chi connectivity index (χ3n) is 3.19. The fourth-order valence-corrected chi connectivity index (χ4v) is 3.08. The Hall–Kier alpha value is -0.660. The first-order valence-electron chi connectivity index (χ1n) is 5.63. The number of hydrogen-bond donors (Lipinski definition) is 1. The van der Waals surface area contributed by atoms with Crippen molar-refractivity contribution in [2.24, 2.45) is 0 Å². The van der Waals surface area contributed by atoms with Crippen LogP contribution in [0, 0.1) is 0 Å². The van der Waals surface area contributed by atoms with Gasteiger partial charge in [0.2, 0.25) is 15.9 Å². The van der Waals surface area contributed by atoms with Gasteiger partial charge < -0.3 is 10.0 Å². The summed E-state index contributed by atoms with van der Waals surface area (Å²) >= 11 is 0. The zero-order valence-corrected chi connectivity index (χ0v) is 11.3. The Labute approximate surface area is 102 Å². The highest BCUT2D eigenvalue weighted by Gasteiger charge is 2.38. The maximum Gasteiger partial charge on any atom is 0.241 e. The van der Waals surface area contributed by atoms with E-state index in [0.717, 1.165) is 6.26 Å². The van der Waals surface area contributed by atoms with Gasteiger partial charge in [0.1, 0.15) is 6.04 Å². The molecule has 100 valence electrons. The van der Waals surface area contributed by atoms with Crippen LogP contribution in [0.15, 0.2) is 0 Å². The van der Waals surface area contributed by atoms with Crippen LogP contribution in [0.25, 0.3) is 0 Å². The molecule has 1 aliphatic heterocycles. The van der Waals surface area contributed by atoms with Gasteiger partial charge in [-0.3, -0.25) is 4.79 Å². The summed E-state index contributed by atoms with van der Waals surface area (Å²) in [5.74, 6) is -0.241. The van der Waals surface area contributed by atoms with E-state index in [0.29, 0.717) is 19.4 Å². The number of carbonyl (C=O) groups excluding carboxylic acids is 1. The number of hydrogen-bond acceptors (Lipinski definition) is 4. The molecule has 6 nitrogen and oxygen atoms in total. The molecule has 1 heterocycles. The molecule has 2 atom stereocenters. The van der Waals surface area contributed by atoms with E-state index < -0.39 is 16.1 Å². The number of nitrogens with zero attached hydrogens (tertiary/aromatic N) is 2. The minimum atomic E-state index is -3.34. The lowest BCUT2D eigenvalue weighted by Crippen LogP contribution is -2.49. The van der Waals surface area contributed by atoms with Crippen LogP contribution in [0.2, 0.25) is 0 Å². The lowest BCUT2D eigenvalue weighted by Gasteiger charge is -2.29. The largest absolute Gasteiger partial charge is 0.394 e. The smallest absolute Gasteiger partial charge is 0.241 e. The van der Waals surface area contributed by atoms with Gasteiger partial charge in [-0.2, -0.15) is 4.31 Å². The van der Waals surface area contributed by atoms with Crippen molar-refractivity contribution in [3.8, 4) is 0 Å². The van der Waals surface area contributed by atoms with Gasteiger partial charge in [-0.1, -0.05) is 0 Å². The number of likely N-dealkylation sites (N-methyl/N-ethyl adjacent to an activating group) is 1. The van der Waals surface area contributed by atoms with E-state index in [4.69, 9.17) is 5.11 Å². The molecule has 17 heavy (non-hydrogen) atoms. The van der Waals surface area contributed by atoms with E-state index in [1.54, 1.807) is 14.0 Å². The molecule has 0 aromatic heterocycles. The van der Waals surface area contributed by atoms with Gasteiger partial charge in [-0.05, 0) is 19.8 Å². The highest BCUT2D eigenvalue weighted by molar-refractivity contribution is 7.88. The van der Waals surface area contributed by atoms with Crippen LogP contribution in [-0.2, 0) is 14.8 Å². The van der Waals surface area contributed by atoms with Crippen LogP contribution in [0.4, 0.5) is 0 Å². The van der Waals surface area contributed by atoms with Gasteiger partial charge in [0.15, 0.2) is 0 Å². The Kier molecular flexibility index (Phi) is 4.51. The molecule has 0 aliphatic carbocycles. The molecule has 7 heteroatoms. The van der Waals surface area contributed by atoms with E-state index >= 15 is 0 Å². The van der Waals surface area contributed by atoms with Gasteiger partial charge in [-0.15, -0.1) is 0 Å². The molecule has 1 saturated heterocycles. The Balaban J connectivity index is 2.82. The van der Waals surface area contributed by atoms with Crippen LogP contribution >= 0.6 is 0 Å². The van der Waals surface area contributed by atoms with E-state index in [9.17, 15) is 13.2 Å². The van der Waals surface area contributed by atoms with Crippen molar-refractivity contribution in [1.29, 1.82) is 0 Å². The van der Waals surface area contributed by atoms with Crippen molar-refractivity contribution < 1.29 is 18.3 Å². The average Bonchev–Trinajstić information content (AvgIpc) is 2.74. The topological polar surface area (TPSA) is 77.9 Å². The molecular weight excluding hydrogens is 244 g/mol. The van der Waals surface area contributed by atoms with E-state index in [1.165, 1.54) is 9.21 Å². The summed E-state index contributed by atoms with van der Waals surface area (Å²) in [5, 5.41) is 9.00. The second-order valence-electron chi connectivity index (χ2n) is 4.51. The third-order valence-corrected chi connectivity index (χ3v) is 4.48. The zero-order chi connectivity index (χ0) is 13.2. The lowest BCUT2D eigenvalue weighted by molar-refractivity contribution is -0.135. The van der Waals surface area contributed by atoms with Crippen LogP contribution in [-0.4, -0.2) is 67.2 Å². The van der Waals surface area contributed by atoms with Crippen LogP contribution in [0.5, 0.6) is 0 Å². The maximum atomic E-state index is 12.1. The summed E-state index contributed by atoms with van der Waals surface area (Å²) in [6.07, 6.45) is 2.37. The Morgan fingerprint density at radius 1 is 1.59 bits per heavy atom. The van der Waals surface area contributed by atoms with Crippen LogP contribution in [0.1, 0.15) is 19.8 Å². The predicted octanol–water partition coefficient (Wildman–Crippen LogP) is -0.750. The summed E-state index contributed by atoms with van der Waals surface area (Å²) in [7, 11) is -1.75. The number of amides is 1. The lowest BCUT2D eigenvalue weighted by atomic mass is 10.2. The van der Waals surface area contributed by atoms with E-state index in [2.05, 4.69) is 0 Å². The molecule has 1 amide bonds. The summed E-state index contributed by atoms with van der Waals surface area (Å²) in [4.78, 5) is 13.5. The summed E-state index contributed by atoms with van der Waals surface area (Å²) < 4.78 is 24.3. The first kappa shape index (κ1) is 14.4. The second-order valence-corrected chi connectivity index (χ2v) is 6.45. The minimum Gasteiger partial charge on any atom is -0.394 e. The van der Waals surface area contributed by atoms with Crippen molar-refractivity contribution in [3.63, 3.8) is 0 Å². The van der Waals surface area contributed by atoms with Gasteiger partial charge in [-0.25, -0.2) is 8.42 Å². The van der Waals surface area contributed by atoms with Crippen molar-refractivity contribution in [3.05, 3.63) is 0 Å². The normalized spacial score (nSPS) is 23.6. The Bertz CT molecular complexity index is 382. The molecule has 0 radical (unpaired) electrons. The number of carbonyl (C=O) groups is 1. The molecule has 0 aromatic carbocycles. The average molecular weight is 264 g/mol. The van der Waals surface area contributed by atoms with Gasteiger partial charge >= 0.3 is 0 Å². The Morgan fingerprint density at radius 2 is 2.18 bits per heavy atom. The summed E-state index contributed by atoms with van der Waals surface area (Å²) in [6, 6.07) is -0.909. The first-order valence-corrected chi connectivity index (χ1v) is 7.48. The number of aliphatic hydroxyl groups excluding tert-OH is 1. The van der Waals surface area contributed by atoms with Crippen molar-refractivity contribution >= 4 is 15.9 Å². The number of sulfonamides is 1. The highest BCUT2D eigenvalue weighted by atomic mass is 32.2. The SMILES string of the molecule is CC(CO)N(C)C(=O)C1CCCN1S(C)(=O)=O. The molecular formula is C10H20N2O4S. The molecule has 0 bridgehead atoms. The van der Waals surface area contributed by atoms with Crippen molar-refractivity contribution in [1.82, 2.24) is 9.21 Å². The van der Waals surface area contributed by atoms with E-state index in [-0.39, 0.29) is 18.6 Å². The second kappa shape index (κ2) is 5.32. The fraction of sp³-hybridized carbons (Fsp3) is 0.900.